The molecule has 2 heterocycles. The number of rotatable bonds is 1. The summed E-state index contributed by atoms with van der Waals surface area (Å²) in [6.07, 6.45) is 3.15. The molecule has 2 aromatic heterocycles. The summed E-state index contributed by atoms with van der Waals surface area (Å²) >= 11 is 5.89. The monoisotopic (exact) mass is 256 g/mol. The Morgan fingerprint density at radius 1 is 1.06 bits per heavy atom. The lowest BCUT2D eigenvalue weighted by Crippen LogP contribution is -1.96. The maximum atomic E-state index is 5.89. The molecule has 3 aromatic rings. The second-order valence-electron chi connectivity index (χ2n) is 3.84. The standard InChI is InChI=1S/C13H9ClN4/c14-13-11(15)12(17-7-18-13)9-4-3-8-2-1-5-16-10(8)6-9/h1-7H,15H2. The first-order valence-corrected chi connectivity index (χ1v) is 5.74. The SMILES string of the molecule is Nc1c(Cl)ncnc1-c1ccc2cccnc2c1. The molecule has 0 spiro atoms. The minimum absolute atomic E-state index is 0.265. The van der Waals surface area contributed by atoms with E-state index in [1.165, 1.54) is 6.33 Å². The molecule has 4 nitrogen and oxygen atoms in total. The largest absolute Gasteiger partial charge is 0.394 e. The highest BCUT2D eigenvalue weighted by atomic mass is 35.5. The first-order valence-electron chi connectivity index (χ1n) is 5.37. The van der Waals surface area contributed by atoms with Crippen LogP contribution >= 0.6 is 11.6 Å². The van der Waals surface area contributed by atoms with Crippen LogP contribution in [0.1, 0.15) is 0 Å². The number of aromatic nitrogens is 3. The van der Waals surface area contributed by atoms with Gasteiger partial charge in [0.05, 0.1) is 16.9 Å². The highest BCUT2D eigenvalue weighted by molar-refractivity contribution is 6.32. The predicted octanol–water partition coefficient (Wildman–Crippen LogP) is 2.93. The van der Waals surface area contributed by atoms with Crippen molar-refractivity contribution in [1.29, 1.82) is 0 Å². The topological polar surface area (TPSA) is 64.7 Å². The number of pyridine rings is 1. The Hall–Kier alpha value is -2.20. The van der Waals surface area contributed by atoms with Crippen LogP contribution in [0, 0.1) is 0 Å². The van der Waals surface area contributed by atoms with Crippen LogP contribution in [0.2, 0.25) is 5.15 Å². The van der Waals surface area contributed by atoms with E-state index in [4.69, 9.17) is 17.3 Å². The van der Waals surface area contributed by atoms with Crippen molar-refractivity contribution < 1.29 is 0 Å². The summed E-state index contributed by atoms with van der Waals surface area (Å²) in [6, 6.07) is 9.76. The molecule has 0 aliphatic heterocycles. The summed E-state index contributed by atoms with van der Waals surface area (Å²) in [5.41, 5.74) is 8.66. The summed E-state index contributed by atoms with van der Waals surface area (Å²) in [5, 5.41) is 1.33. The van der Waals surface area contributed by atoms with E-state index in [0.29, 0.717) is 11.4 Å². The van der Waals surface area contributed by atoms with E-state index >= 15 is 0 Å². The summed E-state index contributed by atoms with van der Waals surface area (Å²) in [4.78, 5) is 12.3. The minimum atomic E-state index is 0.265. The Balaban J connectivity index is 2.22. The van der Waals surface area contributed by atoms with Crippen molar-refractivity contribution in [2.45, 2.75) is 0 Å². The fourth-order valence-electron chi connectivity index (χ4n) is 1.82. The lowest BCUT2D eigenvalue weighted by atomic mass is 10.1. The van der Waals surface area contributed by atoms with Crippen LogP contribution in [-0.4, -0.2) is 15.0 Å². The molecular formula is C13H9ClN4. The number of nitrogens with two attached hydrogens (primary N) is 1. The Morgan fingerprint density at radius 3 is 2.83 bits per heavy atom. The molecule has 0 unspecified atom stereocenters. The highest BCUT2D eigenvalue weighted by Gasteiger charge is 2.09. The first-order chi connectivity index (χ1) is 8.75. The van der Waals surface area contributed by atoms with Crippen molar-refractivity contribution in [2.24, 2.45) is 0 Å². The van der Waals surface area contributed by atoms with Crippen molar-refractivity contribution in [2.75, 3.05) is 5.73 Å². The van der Waals surface area contributed by atoms with Crippen molar-refractivity contribution in [3.63, 3.8) is 0 Å². The molecule has 18 heavy (non-hydrogen) atoms. The summed E-state index contributed by atoms with van der Waals surface area (Å²) in [7, 11) is 0. The van der Waals surface area contributed by atoms with Gasteiger partial charge in [-0.15, -0.1) is 0 Å². The van der Waals surface area contributed by atoms with Gasteiger partial charge in [-0.2, -0.15) is 0 Å². The predicted molar refractivity (Wildman–Crippen MR) is 72.2 cm³/mol. The second-order valence-corrected chi connectivity index (χ2v) is 4.20. The molecule has 1 aromatic carbocycles. The van der Waals surface area contributed by atoms with Gasteiger partial charge in [0.1, 0.15) is 6.33 Å². The maximum Gasteiger partial charge on any atom is 0.155 e. The molecule has 0 fully saturated rings. The fourth-order valence-corrected chi connectivity index (χ4v) is 1.95. The van der Waals surface area contributed by atoms with Gasteiger partial charge in [0.15, 0.2) is 5.15 Å². The molecule has 0 aliphatic carbocycles. The number of hydrogen-bond acceptors (Lipinski definition) is 4. The normalized spacial score (nSPS) is 10.7. The van der Waals surface area contributed by atoms with E-state index in [1.807, 2.05) is 30.3 Å². The number of nitrogens with zero attached hydrogens (tertiary/aromatic N) is 3. The molecule has 0 atom stereocenters. The van der Waals surface area contributed by atoms with E-state index < -0.39 is 0 Å². The van der Waals surface area contributed by atoms with Gasteiger partial charge in [-0.1, -0.05) is 29.8 Å². The lowest BCUT2D eigenvalue weighted by molar-refractivity contribution is 1.18. The second kappa shape index (κ2) is 4.23. The third-order valence-corrected chi connectivity index (χ3v) is 3.02. The molecule has 0 bridgehead atoms. The van der Waals surface area contributed by atoms with Crippen LogP contribution in [0.4, 0.5) is 5.69 Å². The van der Waals surface area contributed by atoms with E-state index in [-0.39, 0.29) is 5.15 Å². The van der Waals surface area contributed by atoms with E-state index in [9.17, 15) is 0 Å². The summed E-state index contributed by atoms with van der Waals surface area (Å²) in [6.45, 7) is 0. The van der Waals surface area contributed by atoms with Crippen LogP contribution < -0.4 is 5.73 Å². The molecular weight excluding hydrogens is 248 g/mol. The minimum Gasteiger partial charge on any atom is -0.394 e. The van der Waals surface area contributed by atoms with Crippen LogP contribution in [0.3, 0.4) is 0 Å². The number of nitrogen functional groups attached to an aromatic ring is 1. The van der Waals surface area contributed by atoms with Crippen molar-refractivity contribution >= 4 is 28.2 Å². The van der Waals surface area contributed by atoms with Crippen molar-refractivity contribution in [3.05, 3.63) is 48.0 Å². The average Bonchev–Trinajstić information content (AvgIpc) is 2.41. The zero-order valence-corrected chi connectivity index (χ0v) is 10.1. The third-order valence-electron chi connectivity index (χ3n) is 2.71. The quantitative estimate of drug-likeness (QED) is 0.680. The summed E-state index contributed by atoms with van der Waals surface area (Å²) < 4.78 is 0. The van der Waals surface area contributed by atoms with E-state index in [1.54, 1.807) is 6.20 Å². The Bertz CT molecular complexity index is 727. The number of halogens is 1. The first kappa shape index (κ1) is 10.9. The Labute approximate surface area is 108 Å². The van der Waals surface area contributed by atoms with Gasteiger partial charge in [-0.3, -0.25) is 4.98 Å². The highest BCUT2D eigenvalue weighted by Crippen LogP contribution is 2.29. The van der Waals surface area contributed by atoms with E-state index in [0.717, 1.165) is 16.5 Å². The summed E-state index contributed by atoms with van der Waals surface area (Å²) in [5.74, 6) is 0. The zero-order valence-electron chi connectivity index (χ0n) is 9.34. The number of fused-ring (bicyclic) bond motifs is 1. The van der Waals surface area contributed by atoms with Crippen LogP contribution in [-0.2, 0) is 0 Å². The zero-order chi connectivity index (χ0) is 12.5. The molecule has 3 rings (SSSR count). The molecule has 0 aliphatic rings. The smallest absolute Gasteiger partial charge is 0.155 e. The van der Waals surface area contributed by atoms with Gasteiger partial charge in [0, 0.05) is 17.1 Å². The Morgan fingerprint density at radius 2 is 1.94 bits per heavy atom. The third kappa shape index (κ3) is 1.76. The molecule has 0 saturated heterocycles. The Kier molecular flexibility index (Phi) is 2.57. The number of hydrogen-bond donors (Lipinski definition) is 1. The van der Waals surface area contributed by atoms with Gasteiger partial charge in [-0.05, 0) is 12.1 Å². The maximum absolute atomic E-state index is 5.89. The van der Waals surface area contributed by atoms with Gasteiger partial charge in [0.2, 0.25) is 0 Å². The van der Waals surface area contributed by atoms with Crippen LogP contribution in [0.25, 0.3) is 22.2 Å². The van der Waals surface area contributed by atoms with Gasteiger partial charge in [0.25, 0.3) is 0 Å². The average molecular weight is 257 g/mol. The fraction of sp³-hybridized carbons (Fsp3) is 0. The van der Waals surface area contributed by atoms with Crippen molar-refractivity contribution in [1.82, 2.24) is 15.0 Å². The lowest BCUT2D eigenvalue weighted by Gasteiger charge is -2.06. The van der Waals surface area contributed by atoms with Crippen LogP contribution in [0.5, 0.6) is 0 Å². The van der Waals surface area contributed by atoms with Gasteiger partial charge >= 0.3 is 0 Å². The molecule has 0 radical (unpaired) electrons. The van der Waals surface area contributed by atoms with Crippen molar-refractivity contribution in [3.8, 4) is 11.3 Å². The molecule has 0 amide bonds. The van der Waals surface area contributed by atoms with Crippen LogP contribution in [0.15, 0.2) is 42.9 Å². The molecule has 2 N–H and O–H groups in total. The molecule has 88 valence electrons. The molecule has 0 saturated carbocycles. The number of benzene rings is 1. The number of anilines is 1. The van der Waals surface area contributed by atoms with E-state index in [2.05, 4.69) is 15.0 Å². The molecule has 5 heteroatoms. The van der Waals surface area contributed by atoms with Gasteiger partial charge in [-0.25, -0.2) is 9.97 Å². The van der Waals surface area contributed by atoms with Gasteiger partial charge < -0.3 is 5.73 Å².